The molecule has 1 atom stereocenters. The van der Waals surface area contributed by atoms with E-state index in [0.29, 0.717) is 25.1 Å². The van der Waals surface area contributed by atoms with Crippen LogP contribution in [0.15, 0.2) is 29.2 Å². The molecule has 4 nitrogen and oxygen atoms in total. The fourth-order valence-electron chi connectivity index (χ4n) is 2.05. The van der Waals surface area contributed by atoms with Gasteiger partial charge in [-0.05, 0) is 31.4 Å². The summed E-state index contributed by atoms with van der Waals surface area (Å²) in [6.07, 6.45) is 2.62. The van der Waals surface area contributed by atoms with E-state index < -0.39 is 5.60 Å². The maximum atomic E-state index is 12.1. The molecule has 0 radical (unpaired) electrons. The molecule has 98 valence electrons. The summed E-state index contributed by atoms with van der Waals surface area (Å²) in [6, 6.07) is 7.49. The molecule has 0 spiro atoms. The molecule has 1 aliphatic heterocycles. The number of thioether (sulfide) groups is 1. The number of rotatable bonds is 4. The second-order valence-corrected chi connectivity index (χ2v) is 5.38. The quantitative estimate of drug-likeness (QED) is 0.708. The third kappa shape index (κ3) is 3.04. The van der Waals surface area contributed by atoms with Gasteiger partial charge in [0.25, 0.3) is 5.91 Å². The van der Waals surface area contributed by atoms with Gasteiger partial charge in [0.05, 0.1) is 11.2 Å². The minimum absolute atomic E-state index is 0.125. The highest BCUT2D eigenvalue weighted by atomic mass is 32.2. The Labute approximate surface area is 111 Å². The van der Waals surface area contributed by atoms with Crippen LogP contribution in [0, 0.1) is 0 Å². The summed E-state index contributed by atoms with van der Waals surface area (Å²) in [5.74, 6) is -0.125. The summed E-state index contributed by atoms with van der Waals surface area (Å²) in [7, 11) is 0. The molecule has 1 aromatic rings. The van der Waals surface area contributed by atoms with Crippen LogP contribution in [0.4, 0.5) is 0 Å². The lowest BCUT2D eigenvalue weighted by Gasteiger charge is -2.21. The molecule has 0 aromatic heterocycles. The van der Waals surface area contributed by atoms with Gasteiger partial charge >= 0.3 is 0 Å². The molecule has 1 heterocycles. The number of hydrogen-bond donors (Lipinski definition) is 3. The van der Waals surface area contributed by atoms with Crippen molar-refractivity contribution in [1.82, 2.24) is 10.6 Å². The number of carbonyl (C=O) groups is 1. The Hall–Kier alpha value is -1.04. The number of aliphatic hydroxyl groups is 1. The van der Waals surface area contributed by atoms with Crippen molar-refractivity contribution >= 4 is 17.7 Å². The Morgan fingerprint density at radius 3 is 3.00 bits per heavy atom. The zero-order valence-electron chi connectivity index (χ0n) is 10.4. The molecule has 2 rings (SSSR count). The normalized spacial score (nSPS) is 23.0. The van der Waals surface area contributed by atoms with Crippen LogP contribution in [0.3, 0.4) is 0 Å². The lowest BCUT2D eigenvalue weighted by Crippen LogP contribution is -2.44. The molecule has 0 saturated carbocycles. The van der Waals surface area contributed by atoms with E-state index in [1.165, 1.54) is 0 Å². The van der Waals surface area contributed by atoms with Gasteiger partial charge in [-0.3, -0.25) is 4.79 Å². The lowest BCUT2D eigenvalue weighted by atomic mass is 10.0. The van der Waals surface area contributed by atoms with E-state index in [4.69, 9.17) is 0 Å². The fraction of sp³-hybridized carbons (Fsp3) is 0.462. The molecule has 1 fully saturated rings. The fourth-order valence-corrected chi connectivity index (χ4v) is 2.65. The third-order valence-electron chi connectivity index (χ3n) is 3.15. The van der Waals surface area contributed by atoms with Crippen molar-refractivity contribution in [1.29, 1.82) is 0 Å². The van der Waals surface area contributed by atoms with E-state index in [0.717, 1.165) is 11.4 Å². The van der Waals surface area contributed by atoms with Crippen LogP contribution in [0.2, 0.25) is 0 Å². The number of hydrogen-bond acceptors (Lipinski definition) is 4. The van der Waals surface area contributed by atoms with Crippen LogP contribution in [-0.2, 0) is 0 Å². The summed E-state index contributed by atoms with van der Waals surface area (Å²) in [5.41, 5.74) is -0.135. The second kappa shape index (κ2) is 5.73. The highest BCUT2D eigenvalue weighted by molar-refractivity contribution is 7.98. The first-order chi connectivity index (χ1) is 8.64. The van der Waals surface area contributed by atoms with Crippen LogP contribution in [0.25, 0.3) is 0 Å². The molecular weight excluding hydrogens is 248 g/mol. The average Bonchev–Trinajstić information content (AvgIpc) is 2.83. The van der Waals surface area contributed by atoms with E-state index in [2.05, 4.69) is 10.6 Å². The third-order valence-corrected chi connectivity index (χ3v) is 3.95. The van der Waals surface area contributed by atoms with Crippen molar-refractivity contribution in [2.75, 3.05) is 25.9 Å². The van der Waals surface area contributed by atoms with Crippen molar-refractivity contribution in [2.45, 2.75) is 16.9 Å². The van der Waals surface area contributed by atoms with Gasteiger partial charge in [0.15, 0.2) is 0 Å². The minimum Gasteiger partial charge on any atom is -0.387 e. The van der Waals surface area contributed by atoms with E-state index in [1.54, 1.807) is 17.8 Å². The predicted octanol–water partition coefficient (Wildman–Crippen LogP) is 0.863. The van der Waals surface area contributed by atoms with Crippen molar-refractivity contribution in [3.05, 3.63) is 29.8 Å². The zero-order valence-corrected chi connectivity index (χ0v) is 11.2. The maximum absolute atomic E-state index is 12.1. The molecule has 3 N–H and O–H groups in total. The Kier molecular flexibility index (Phi) is 4.27. The smallest absolute Gasteiger partial charge is 0.252 e. The van der Waals surface area contributed by atoms with Gasteiger partial charge in [-0.1, -0.05) is 12.1 Å². The Bertz CT molecular complexity index is 431. The van der Waals surface area contributed by atoms with Crippen LogP contribution >= 0.6 is 11.8 Å². The van der Waals surface area contributed by atoms with Crippen LogP contribution in [0.1, 0.15) is 16.8 Å². The molecule has 1 aliphatic rings. The first-order valence-corrected chi connectivity index (χ1v) is 7.21. The molecule has 0 bridgehead atoms. The van der Waals surface area contributed by atoms with Crippen LogP contribution < -0.4 is 10.6 Å². The van der Waals surface area contributed by atoms with Gasteiger partial charge < -0.3 is 15.7 Å². The molecule has 5 heteroatoms. The highest BCUT2D eigenvalue weighted by Gasteiger charge is 2.31. The highest BCUT2D eigenvalue weighted by Crippen LogP contribution is 2.20. The van der Waals surface area contributed by atoms with Crippen LogP contribution in [-0.4, -0.2) is 42.5 Å². The number of benzene rings is 1. The van der Waals surface area contributed by atoms with Crippen molar-refractivity contribution in [3.8, 4) is 0 Å². The molecule has 18 heavy (non-hydrogen) atoms. The zero-order chi connectivity index (χ0) is 13.0. The van der Waals surface area contributed by atoms with Gasteiger partial charge in [-0.15, -0.1) is 11.8 Å². The van der Waals surface area contributed by atoms with Gasteiger partial charge in [0.1, 0.15) is 0 Å². The molecule has 0 unspecified atom stereocenters. The molecular formula is C13H18N2O2S. The van der Waals surface area contributed by atoms with E-state index in [9.17, 15) is 9.90 Å². The van der Waals surface area contributed by atoms with Gasteiger partial charge in [0, 0.05) is 18.0 Å². The number of β-amino-alcohol motifs (C(OH)–C–C–N with tert-alkyl or cyclic N) is 1. The SMILES string of the molecule is CSc1ccccc1C(=O)NC[C@]1(O)CCNC1. The largest absolute Gasteiger partial charge is 0.387 e. The Morgan fingerprint density at radius 2 is 2.33 bits per heavy atom. The molecule has 1 saturated heterocycles. The summed E-state index contributed by atoms with van der Waals surface area (Å²) in [4.78, 5) is 13.0. The van der Waals surface area contributed by atoms with Gasteiger partial charge in [-0.25, -0.2) is 0 Å². The predicted molar refractivity (Wildman–Crippen MR) is 73.0 cm³/mol. The van der Waals surface area contributed by atoms with Crippen molar-refractivity contribution in [2.24, 2.45) is 0 Å². The molecule has 1 amide bonds. The topological polar surface area (TPSA) is 61.4 Å². The van der Waals surface area contributed by atoms with Gasteiger partial charge in [0.2, 0.25) is 0 Å². The summed E-state index contributed by atoms with van der Waals surface area (Å²) in [6.45, 7) is 1.63. The minimum atomic E-state index is -0.802. The first kappa shape index (κ1) is 13.4. The summed E-state index contributed by atoms with van der Waals surface area (Å²) >= 11 is 1.55. The lowest BCUT2D eigenvalue weighted by molar-refractivity contribution is 0.0561. The molecule has 1 aromatic carbocycles. The monoisotopic (exact) mass is 266 g/mol. The Morgan fingerprint density at radius 1 is 1.56 bits per heavy atom. The number of nitrogens with one attached hydrogen (secondary N) is 2. The van der Waals surface area contributed by atoms with Crippen molar-refractivity contribution < 1.29 is 9.90 Å². The Balaban J connectivity index is 1.99. The van der Waals surface area contributed by atoms with Crippen molar-refractivity contribution in [3.63, 3.8) is 0 Å². The van der Waals surface area contributed by atoms with E-state index in [1.807, 2.05) is 24.5 Å². The number of carbonyl (C=O) groups excluding carboxylic acids is 1. The maximum Gasteiger partial charge on any atom is 0.252 e. The van der Waals surface area contributed by atoms with Crippen LogP contribution in [0.5, 0.6) is 0 Å². The average molecular weight is 266 g/mol. The van der Waals surface area contributed by atoms with E-state index >= 15 is 0 Å². The molecule has 0 aliphatic carbocycles. The first-order valence-electron chi connectivity index (χ1n) is 5.99. The standard InChI is InChI=1S/C13H18N2O2S/c1-18-11-5-3-2-4-10(11)12(16)15-9-13(17)6-7-14-8-13/h2-5,14,17H,6-9H2,1H3,(H,15,16)/t13-/m0/s1. The van der Waals surface area contributed by atoms with E-state index in [-0.39, 0.29) is 5.91 Å². The number of amides is 1. The second-order valence-electron chi connectivity index (χ2n) is 4.53. The summed E-state index contributed by atoms with van der Waals surface area (Å²) in [5, 5.41) is 16.0. The van der Waals surface area contributed by atoms with Gasteiger partial charge in [-0.2, -0.15) is 0 Å². The summed E-state index contributed by atoms with van der Waals surface area (Å²) < 4.78 is 0.